The summed E-state index contributed by atoms with van der Waals surface area (Å²) in [5, 5.41) is 20.6. The second-order valence-corrected chi connectivity index (χ2v) is 28.7. The van der Waals surface area contributed by atoms with Crippen LogP contribution in [0.3, 0.4) is 0 Å². The van der Waals surface area contributed by atoms with Gasteiger partial charge in [-0.2, -0.15) is 7.82 Å². The van der Waals surface area contributed by atoms with Crippen molar-refractivity contribution in [3.63, 3.8) is 0 Å². The molecule has 9 rings (SSSR count). The highest BCUT2D eigenvalue weighted by Crippen LogP contribution is 2.56. The molecule has 0 saturated heterocycles. The van der Waals surface area contributed by atoms with Crippen molar-refractivity contribution in [1.82, 2.24) is 0 Å². The van der Waals surface area contributed by atoms with Crippen LogP contribution >= 0.6 is 29.6 Å². The Balaban J connectivity index is 0.000000185. The summed E-state index contributed by atoms with van der Waals surface area (Å²) >= 11 is 0. The van der Waals surface area contributed by atoms with Gasteiger partial charge in [-0.15, -0.1) is 0 Å². The first kappa shape index (κ1) is 56.8. The van der Waals surface area contributed by atoms with Crippen molar-refractivity contribution >= 4 is 83.3 Å². The molecule has 1 N–H and O–H groups in total. The predicted octanol–water partition coefficient (Wildman–Crippen LogP) is 9.27. The van der Waals surface area contributed by atoms with Crippen LogP contribution in [0, 0.1) is 0 Å². The van der Waals surface area contributed by atoms with Gasteiger partial charge in [0.15, 0.2) is 0 Å². The molecule has 10 heteroatoms. The van der Waals surface area contributed by atoms with Gasteiger partial charge in [0, 0.05) is 6.92 Å². The van der Waals surface area contributed by atoms with Gasteiger partial charge in [0.05, 0.1) is 18.5 Å². The quantitative estimate of drug-likeness (QED) is 0.122. The molecule has 0 bridgehead atoms. The summed E-state index contributed by atoms with van der Waals surface area (Å²) < 4.78 is 8.55. The average molecular weight is 1030 g/mol. The number of carboxylic acid groups (broad SMARTS) is 1. The van der Waals surface area contributed by atoms with E-state index in [0.29, 0.717) is 0 Å². The van der Waals surface area contributed by atoms with Gasteiger partial charge in [-0.05, 0) is 130 Å². The summed E-state index contributed by atoms with van der Waals surface area (Å²) in [6.45, 7) is 8.04. The molecule has 0 saturated carbocycles. The first-order chi connectivity index (χ1) is 34.9. The Morgan fingerprint density at radius 1 is 0.319 bits per heavy atom. The van der Waals surface area contributed by atoms with E-state index in [1.807, 2.05) is 0 Å². The Hall–Kier alpha value is -6.15. The number of rotatable bonds is 12. The third-order valence-corrected chi connectivity index (χ3v) is 25.7. The van der Waals surface area contributed by atoms with Gasteiger partial charge < -0.3 is 24.4 Å². The molecule has 0 radical (unpaired) electrons. The highest BCUT2D eigenvalue weighted by molar-refractivity contribution is 7.96. The molecule has 0 aliphatic heterocycles. The fraction of sp³-hybridized carbons (Fsp3) is 0.113. The van der Waals surface area contributed by atoms with E-state index in [-0.39, 0.29) is 0 Å². The second kappa shape index (κ2) is 28.8. The van der Waals surface area contributed by atoms with E-state index >= 15 is 0 Å². The van der Waals surface area contributed by atoms with E-state index in [2.05, 4.69) is 294 Å². The van der Waals surface area contributed by atoms with Crippen molar-refractivity contribution in [2.24, 2.45) is 0 Å². The standard InChI is InChI=1S/3C20H20P.C2H4O2.H3O4P/c3*1-2-21(18-12-6-3-7-13-18,19-14-8-4-9-15-19)20-16-10-5-11-17-20;1-2(3)4;1-5(2,3)4/h3*3-17H,2H2,1H3;1H3,(H,3,4);(H3,1,2,3,4)/q3*+1;;/p-3. The third-order valence-electron chi connectivity index (χ3n) is 12.2. The number of hydrogen-bond donors (Lipinski definition) is 1. The maximum Gasteiger partial charge on any atom is 0.300 e. The molecule has 9 aromatic rings. The van der Waals surface area contributed by atoms with Crippen LogP contribution in [-0.4, -0.2) is 29.6 Å². The number of benzene rings is 9. The van der Waals surface area contributed by atoms with Crippen LogP contribution in [-0.2, 0) is 9.36 Å². The van der Waals surface area contributed by atoms with Crippen LogP contribution in [0.2, 0.25) is 0 Å². The minimum absolute atomic E-state index is 0.833. The lowest BCUT2D eigenvalue weighted by atomic mass is 10.4. The zero-order valence-electron chi connectivity index (χ0n) is 41.4. The minimum Gasteiger partial charge on any atom is -0.822 e. The number of aliphatic carboxylic acids is 1. The normalized spacial score (nSPS) is 11.0. The summed E-state index contributed by atoms with van der Waals surface area (Å²) in [5.74, 6) is -0.833. The smallest absolute Gasteiger partial charge is 0.300 e. The third kappa shape index (κ3) is 15.2. The van der Waals surface area contributed by atoms with Gasteiger partial charge in [0.1, 0.15) is 69.5 Å². The van der Waals surface area contributed by atoms with Gasteiger partial charge in [-0.3, -0.25) is 4.79 Å². The first-order valence-electron chi connectivity index (χ1n) is 23.9. The van der Waals surface area contributed by atoms with Gasteiger partial charge >= 0.3 is 0 Å². The molecule has 0 spiro atoms. The fourth-order valence-corrected chi connectivity index (χ4v) is 21.2. The lowest BCUT2D eigenvalue weighted by Gasteiger charge is -2.36. The van der Waals surface area contributed by atoms with Crippen molar-refractivity contribution in [1.29, 1.82) is 0 Å². The molecule has 72 heavy (non-hydrogen) atoms. The summed E-state index contributed by atoms with van der Waals surface area (Å²) in [6.07, 6.45) is 3.43. The van der Waals surface area contributed by atoms with Crippen molar-refractivity contribution in [2.75, 3.05) is 18.5 Å². The van der Waals surface area contributed by atoms with Crippen LogP contribution in [0.5, 0.6) is 0 Å². The molecule has 0 unspecified atom stereocenters. The highest BCUT2D eigenvalue weighted by Gasteiger charge is 2.45. The summed E-state index contributed by atoms with van der Waals surface area (Å²) in [4.78, 5) is 34.6. The number of hydrogen-bond acceptors (Lipinski definition) is 5. The molecular weight excluding hydrogens is 965 g/mol. The Kier molecular flexibility index (Phi) is 22.7. The van der Waals surface area contributed by atoms with Gasteiger partial charge in [0.2, 0.25) is 0 Å². The lowest BCUT2D eigenvalue weighted by Crippen LogP contribution is -2.32. The molecule has 0 amide bonds. The summed E-state index contributed by atoms with van der Waals surface area (Å²) in [5.41, 5.74) is 0. The molecule has 0 aliphatic rings. The van der Waals surface area contributed by atoms with Crippen LogP contribution in [0.1, 0.15) is 27.7 Å². The van der Waals surface area contributed by atoms with E-state index in [9.17, 15) is 0 Å². The van der Waals surface area contributed by atoms with E-state index in [1.54, 1.807) is 0 Å². The van der Waals surface area contributed by atoms with Gasteiger partial charge in [-0.25, -0.2) is 0 Å². The maximum absolute atomic E-state index is 9.00. The molecule has 368 valence electrons. The Morgan fingerprint density at radius 3 is 0.472 bits per heavy atom. The average Bonchev–Trinajstić information content (AvgIpc) is 3.42. The molecular formula is C62H64O6P4. The van der Waals surface area contributed by atoms with Crippen molar-refractivity contribution in [3.05, 3.63) is 273 Å². The van der Waals surface area contributed by atoms with Crippen molar-refractivity contribution in [2.45, 2.75) is 27.7 Å². The van der Waals surface area contributed by atoms with Crippen molar-refractivity contribution < 1.29 is 29.1 Å². The van der Waals surface area contributed by atoms with E-state index < -0.39 is 35.6 Å². The van der Waals surface area contributed by atoms with Crippen molar-refractivity contribution in [3.8, 4) is 0 Å². The molecule has 6 nitrogen and oxygen atoms in total. The largest absolute Gasteiger partial charge is 0.822 e. The maximum atomic E-state index is 9.00. The van der Waals surface area contributed by atoms with E-state index in [0.717, 1.165) is 25.4 Å². The number of carbonyl (C=O) groups is 1. The SMILES string of the molecule is CC(=O)O.CC[P+](c1ccccc1)(c1ccccc1)c1ccccc1.CC[P+](c1ccccc1)(c1ccccc1)c1ccccc1.CC[P+](c1ccccc1)(c1ccccc1)c1ccccc1.O=P([O-])([O-])[O-]. The minimum atomic E-state index is -5.39. The topological polar surface area (TPSA) is 124 Å². The molecule has 9 aromatic carbocycles. The fourth-order valence-electron chi connectivity index (χ4n) is 9.13. The van der Waals surface area contributed by atoms with Crippen LogP contribution in [0.25, 0.3) is 0 Å². The number of carboxylic acids is 1. The van der Waals surface area contributed by atoms with Gasteiger partial charge in [-0.1, -0.05) is 164 Å². The van der Waals surface area contributed by atoms with Crippen LogP contribution in [0.15, 0.2) is 273 Å². The molecule has 0 aliphatic carbocycles. The highest BCUT2D eigenvalue weighted by atomic mass is 31.2. The van der Waals surface area contributed by atoms with E-state index in [1.165, 1.54) is 47.7 Å². The van der Waals surface area contributed by atoms with Crippen LogP contribution < -0.4 is 62.4 Å². The van der Waals surface area contributed by atoms with E-state index in [4.69, 9.17) is 29.1 Å². The Bertz CT molecular complexity index is 2330. The lowest BCUT2D eigenvalue weighted by molar-refractivity contribution is -0.432. The first-order valence-corrected chi connectivity index (χ1v) is 31.3. The monoisotopic (exact) mass is 1030 g/mol. The molecule has 0 aromatic heterocycles. The summed E-state index contributed by atoms with van der Waals surface area (Å²) in [6, 6.07) is 99.0. The number of phosphoric acid groups is 1. The van der Waals surface area contributed by atoms with Gasteiger partial charge in [0.25, 0.3) is 5.97 Å². The zero-order chi connectivity index (χ0) is 51.7. The molecule has 0 fully saturated rings. The summed E-state index contributed by atoms with van der Waals surface area (Å²) in [7, 11) is -9.99. The Morgan fingerprint density at radius 2 is 0.403 bits per heavy atom. The Labute approximate surface area is 429 Å². The predicted molar refractivity (Wildman–Crippen MR) is 308 cm³/mol. The molecule has 0 heterocycles. The zero-order valence-corrected chi connectivity index (χ0v) is 45.0. The van der Waals surface area contributed by atoms with Crippen LogP contribution in [0.4, 0.5) is 0 Å². The second-order valence-electron chi connectivity index (χ2n) is 16.4. The molecule has 0 atom stereocenters.